The highest BCUT2D eigenvalue weighted by Crippen LogP contribution is 2.22. The molecule has 1 amide bonds. The van der Waals surface area contributed by atoms with Crippen molar-refractivity contribution in [3.63, 3.8) is 0 Å². The highest BCUT2D eigenvalue weighted by atomic mass is 16.5. The van der Waals surface area contributed by atoms with Crippen LogP contribution >= 0.6 is 0 Å². The molecule has 110 valence electrons. The maximum absolute atomic E-state index is 12.3. The highest BCUT2D eigenvalue weighted by molar-refractivity contribution is 5.76. The van der Waals surface area contributed by atoms with Crippen LogP contribution in [-0.4, -0.2) is 68.2 Å². The van der Waals surface area contributed by atoms with Crippen molar-refractivity contribution in [1.29, 1.82) is 0 Å². The van der Waals surface area contributed by atoms with E-state index in [1.807, 2.05) is 4.90 Å². The number of carbonyl (C=O) groups excluding carboxylic acids is 1. The Morgan fingerprint density at radius 2 is 2.05 bits per heavy atom. The van der Waals surface area contributed by atoms with Gasteiger partial charge in [0.05, 0.1) is 19.3 Å². The van der Waals surface area contributed by atoms with Crippen LogP contribution < -0.4 is 5.73 Å². The van der Waals surface area contributed by atoms with Crippen LogP contribution in [0.3, 0.4) is 0 Å². The second-order valence-electron chi connectivity index (χ2n) is 5.84. The van der Waals surface area contributed by atoms with Gasteiger partial charge < -0.3 is 20.3 Å². The Hall–Kier alpha value is -0.650. The molecule has 2 fully saturated rings. The smallest absolute Gasteiger partial charge is 0.223 e. The van der Waals surface area contributed by atoms with Gasteiger partial charge in [-0.1, -0.05) is 0 Å². The molecule has 0 aliphatic carbocycles. The summed E-state index contributed by atoms with van der Waals surface area (Å²) in [5.74, 6) is 0.982. The van der Waals surface area contributed by atoms with Crippen LogP contribution in [0.4, 0.5) is 0 Å². The van der Waals surface area contributed by atoms with E-state index in [1.54, 1.807) is 0 Å². The number of carbonyl (C=O) groups is 1. The van der Waals surface area contributed by atoms with E-state index in [0.717, 1.165) is 12.3 Å². The maximum atomic E-state index is 12.3. The van der Waals surface area contributed by atoms with Gasteiger partial charge in [-0.3, -0.25) is 4.79 Å². The fourth-order valence-corrected chi connectivity index (χ4v) is 3.00. The van der Waals surface area contributed by atoms with Gasteiger partial charge in [0, 0.05) is 19.5 Å². The van der Waals surface area contributed by atoms with Gasteiger partial charge in [0.1, 0.15) is 0 Å². The third-order valence-electron chi connectivity index (χ3n) is 4.42. The second kappa shape index (κ2) is 7.22. The van der Waals surface area contributed by atoms with Crippen LogP contribution in [0.15, 0.2) is 0 Å². The Labute approximate surface area is 116 Å². The standard InChI is InChI=1S/C14H27N3O2/c1-16-6-4-12(5-7-16)2-3-14(18)17-8-9-19-11-13(17)10-15/h12-13H,2-11,15H2,1H3. The third kappa shape index (κ3) is 4.16. The van der Waals surface area contributed by atoms with Gasteiger partial charge in [0.2, 0.25) is 5.91 Å². The summed E-state index contributed by atoms with van der Waals surface area (Å²) in [6.07, 6.45) is 4.16. The van der Waals surface area contributed by atoms with Crippen molar-refractivity contribution in [2.75, 3.05) is 46.4 Å². The molecule has 5 heteroatoms. The Kier molecular flexibility index (Phi) is 5.60. The fourth-order valence-electron chi connectivity index (χ4n) is 3.00. The predicted octanol–water partition coefficient (Wildman–Crippen LogP) is 0.295. The summed E-state index contributed by atoms with van der Waals surface area (Å²) in [7, 11) is 2.17. The summed E-state index contributed by atoms with van der Waals surface area (Å²) < 4.78 is 5.38. The first-order valence-corrected chi connectivity index (χ1v) is 7.46. The topological polar surface area (TPSA) is 58.8 Å². The molecule has 5 nitrogen and oxygen atoms in total. The lowest BCUT2D eigenvalue weighted by molar-refractivity contribution is -0.139. The predicted molar refractivity (Wildman–Crippen MR) is 74.8 cm³/mol. The number of piperidine rings is 1. The molecule has 2 aliphatic rings. The number of nitrogens with zero attached hydrogens (tertiary/aromatic N) is 2. The van der Waals surface area contributed by atoms with E-state index in [-0.39, 0.29) is 11.9 Å². The van der Waals surface area contributed by atoms with Gasteiger partial charge in [-0.25, -0.2) is 0 Å². The minimum atomic E-state index is 0.0822. The molecule has 0 aromatic rings. The van der Waals surface area contributed by atoms with E-state index < -0.39 is 0 Å². The first-order valence-electron chi connectivity index (χ1n) is 7.46. The Morgan fingerprint density at radius 1 is 1.32 bits per heavy atom. The minimum absolute atomic E-state index is 0.0822. The summed E-state index contributed by atoms with van der Waals surface area (Å²) in [6.45, 7) is 4.78. The van der Waals surface area contributed by atoms with Crippen LogP contribution in [0, 0.1) is 5.92 Å². The van der Waals surface area contributed by atoms with E-state index in [2.05, 4.69) is 11.9 Å². The molecule has 2 saturated heterocycles. The van der Waals surface area contributed by atoms with Crippen molar-refractivity contribution in [1.82, 2.24) is 9.80 Å². The summed E-state index contributed by atoms with van der Waals surface area (Å²) in [4.78, 5) is 16.6. The zero-order valence-corrected chi connectivity index (χ0v) is 12.0. The van der Waals surface area contributed by atoms with Crippen molar-refractivity contribution < 1.29 is 9.53 Å². The number of rotatable bonds is 4. The largest absolute Gasteiger partial charge is 0.377 e. The summed E-state index contributed by atoms with van der Waals surface area (Å²) in [5.41, 5.74) is 5.71. The lowest BCUT2D eigenvalue weighted by atomic mass is 9.92. The first-order chi connectivity index (χ1) is 9.20. The molecule has 0 aromatic carbocycles. The molecule has 2 rings (SSSR count). The van der Waals surface area contributed by atoms with Crippen molar-refractivity contribution >= 4 is 5.91 Å². The third-order valence-corrected chi connectivity index (χ3v) is 4.42. The van der Waals surface area contributed by atoms with Gasteiger partial charge in [-0.05, 0) is 45.3 Å². The van der Waals surface area contributed by atoms with E-state index in [9.17, 15) is 4.79 Å². The maximum Gasteiger partial charge on any atom is 0.223 e. The lowest BCUT2D eigenvalue weighted by Gasteiger charge is -2.35. The number of ether oxygens (including phenoxy) is 1. The molecular formula is C14H27N3O2. The number of likely N-dealkylation sites (tertiary alicyclic amines) is 1. The van der Waals surface area contributed by atoms with Gasteiger partial charge in [-0.15, -0.1) is 0 Å². The number of morpholine rings is 1. The molecule has 2 N–H and O–H groups in total. The SMILES string of the molecule is CN1CCC(CCC(=O)N2CCOCC2CN)CC1. The van der Waals surface area contributed by atoms with E-state index in [4.69, 9.17) is 10.5 Å². The zero-order valence-electron chi connectivity index (χ0n) is 12.0. The molecule has 2 aliphatic heterocycles. The van der Waals surface area contributed by atoms with E-state index in [1.165, 1.54) is 25.9 Å². The summed E-state index contributed by atoms with van der Waals surface area (Å²) >= 11 is 0. The average Bonchev–Trinajstić information content (AvgIpc) is 2.46. The van der Waals surface area contributed by atoms with Gasteiger partial charge >= 0.3 is 0 Å². The van der Waals surface area contributed by atoms with Crippen molar-refractivity contribution in [3.8, 4) is 0 Å². The Bertz CT molecular complexity index is 290. The molecule has 0 aromatic heterocycles. The number of hydrogen-bond acceptors (Lipinski definition) is 4. The Morgan fingerprint density at radius 3 is 2.74 bits per heavy atom. The average molecular weight is 269 g/mol. The molecule has 0 spiro atoms. The Balaban J connectivity index is 1.74. The van der Waals surface area contributed by atoms with Crippen LogP contribution in [0.5, 0.6) is 0 Å². The minimum Gasteiger partial charge on any atom is -0.377 e. The van der Waals surface area contributed by atoms with Gasteiger partial charge in [0.25, 0.3) is 0 Å². The van der Waals surface area contributed by atoms with Gasteiger partial charge in [0.15, 0.2) is 0 Å². The van der Waals surface area contributed by atoms with Crippen LogP contribution in [0.1, 0.15) is 25.7 Å². The summed E-state index contributed by atoms with van der Waals surface area (Å²) in [5, 5.41) is 0. The fraction of sp³-hybridized carbons (Fsp3) is 0.929. The van der Waals surface area contributed by atoms with E-state index in [0.29, 0.717) is 32.7 Å². The molecule has 19 heavy (non-hydrogen) atoms. The first kappa shape index (κ1) is 14.8. The van der Waals surface area contributed by atoms with Crippen LogP contribution in [-0.2, 0) is 9.53 Å². The highest BCUT2D eigenvalue weighted by Gasteiger charge is 2.26. The van der Waals surface area contributed by atoms with Crippen LogP contribution in [0.25, 0.3) is 0 Å². The summed E-state index contributed by atoms with van der Waals surface area (Å²) in [6, 6.07) is 0.0822. The molecular weight excluding hydrogens is 242 g/mol. The molecule has 0 saturated carbocycles. The lowest BCUT2D eigenvalue weighted by Crippen LogP contribution is -2.52. The molecule has 0 radical (unpaired) electrons. The molecule has 2 heterocycles. The zero-order chi connectivity index (χ0) is 13.7. The van der Waals surface area contributed by atoms with Crippen LogP contribution in [0.2, 0.25) is 0 Å². The monoisotopic (exact) mass is 269 g/mol. The molecule has 1 unspecified atom stereocenters. The van der Waals surface area contributed by atoms with Gasteiger partial charge in [-0.2, -0.15) is 0 Å². The quantitative estimate of drug-likeness (QED) is 0.797. The second-order valence-corrected chi connectivity index (χ2v) is 5.84. The number of amides is 1. The number of hydrogen-bond donors (Lipinski definition) is 1. The van der Waals surface area contributed by atoms with Crippen molar-refractivity contribution in [3.05, 3.63) is 0 Å². The normalized spacial score (nSPS) is 26.6. The number of nitrogens with two attached hydrogens (primary N) is 1. The van der Waals surface area contributed by atoms with E-state index >= 15 is 0 Å². The molecule has 0 bridgehead atoms. The van der Waals surface area contributed by atoms with Crippen molar-refractivity contribution in [2.24, 2.45) is 11.7 Å². The molecule has 1 atom stereocenters. The van der Waals surface area contributed by atoms with Crippen molar-refractivity contribution in [2.45, 2.75) is 31.7 Å².